The average molecular weight is 289 g/mol. The summed E-state index contributed by atoms with van der Waals surface area (Å²) in [7, 11) is 0. The van der Waals surface area contributed by atoms with Gasteiger partial charge in [0.25, 0.3) is 0 Å². The molecule has 80 valence electrons. The number of anilines is 1. The Morgan fingerprint density at radius 2 is 2.20 bits per heavy atom. The van der Waals surface area contributed by atoms with Crippen LogP contribution in [-0.2, 0) is 0 Å². The molecule has 0 spiro atoms. The summed E-state index contributed by atoms with van der Waals surface area (Å²) in [5.41, 5.74) is 0. The van der Waals surface area contributed by atoms with Crippen molar-refractivity contribution in [2.75, 3.05) is 5.32 Å². The van der Waals surface area contributed by atoms with Gasteiger partial charge in [0.15, 0.2) is 0 Å². The van der Waals surface area contributed by atoms with E-state index >= 15 is 0 Å². The molecule has 5 heteroatoms. The Morgan fingerprint density at radius 3 is 2.73 bits per heavy atom. The molecule has 15 heavy (non-hydrogen) atoms. The first kappa shape index (κ1) is 12.3. The second-order valence-electron chi connectivity index (χ2n) is 3.36. The molecule has 0 radical (unpaired) electrons. The molecule has 0 aliphatic heterocycles. The molecule has 0 saturated heterocycles. The van der Waals surface area contributed by atoms with Crippen molar-refractivity contribution in [2.24, 2.45) is 5.92 Å². The van der Waals surface area contributed by atoms with Gasteiger partial charge in [-0.15, -0.1) is 6.42 Å². The van der Waals surface area contributed by atoms with Gasteiger partial charge in [0.2, 0.25) is 0 Å². The number of aromatic nitrogens is 2. The summed E-state index contributed by atoms with van der Waals surface area (Å²) in [5, 5.41) is 3.49. The number of hydrogen-bond acceptors (Lipinski definition) is 3. The van der Waals surface area contributed by atoms with Gasteiger partial charge in [-0.25, -0.2) is 9.97 Å². The van der Waals surface area contributed by atoms with E-state index in [4.69, 9.17) is 18.0 Å². The first-order chi connectivity index (χ1) is 7.06. The van der Waals surface area contributed by atoms with E-state index < -0.39 is 0 Å². The lowest BCUT2D eigenvalue weighted by Crippen LogP contribution is -2.24. The van der Waals surface area contributed by atoms with Crippen LogP contribution in [-0.4, -0.2) is 16.0 Å². The fourth-order valence-electron chi connectivity index (χ4n) is 0.997. The Bertz CT molecular complexity index is 387. The van der Waals surface area contributed by atoms with E-state index in [2.05, 4.69) is 37.1 Å². The van der Waals surface area contributed by atoms with Crippen molar-refractivity contribution >= 4 is 33.3 Å². The molecular weight excluding hydrogens is 277 g/mol. The molecule has 0 aliphatic rings. The summed E-state index contributed by atoms with van der Waals surface area (Å²) >= 11 is 9.13. The molecule has 1 unspecified atom stereocenters. The molecule has 0 fully saturated rings. The molecule has 1 N–H and O–H groups in total. The number of halogens is 2. The maximum Gasteiger partial charge on any atom is 0.148 e. The molecule has 0 amide bonds. The van der Waals surface area contributed by atoms with Crippen molar-refractivity contribution in [2.45, 2.75) is 19.9 Å². The first-order valence-corrected chi connectivity index (χ1v) is 5.62. The van der Waals surface area contributed by atoms with Crippen LogP contribution in [0.1, 0.15) is 13.8 Å². The minimum atomic E-state index is -0.0766. The van der Waals surface area contributed by atoms with Gasteiger partial charge in [0, 0.05) is 0 Å². The van der Waals surface area contributed by atoms with E-state index in [9.17, 15) is 0 Å². The second-order valence-corrected chi connectivity index (χ2v) is 4.51. The predicted molar refractivity (Wildman–Crippen MR) is 65.8 cm³/mol. The lowest BCUT2D eigenvalue weighted by atomic mass is 10.1. The van der Waals surface area contributed by atoms with Crippen LogP contribution >= 0.6 is 27.5 Å². The zero-order chi connectivity index (χ0) is 11.4. The highest BCUT2D eigenvalue weighted by molar-refractivity contribution is 9.10. The highest BCUT2D eigenvalue weighted by atomic mass is 79.9. The summed E-state index contributed by atoms with van der Waals surface area (Å²) < 4.78 is 0.632. The van der Waals surface area contributed by atoms with Crippen molar-refractivity contribution < 1.29 is 0 Å². The zero-order valence-electron chi connectivity index (χ0n) is 8.46. The van der Waals surface area contributed by atoms with Gasteiger partial charge in [0.1, 0.15) is 17.3 Å². The van der Waals surface area contributed by atoms with E-state index in [1.807, 2.05) is 13.8 Å². The van der Waals surface area contributed by atoms with Crippen LogP contribution < -0.4 is 5.32 Å². The maximum absolute atomic E-state index is 5.83. The Hall–Kier alpha value is -0.790. The van der Waals surface area contributed by atoms with E-state index in [1.165, 1.54) is 6.33 Å². The van der Waals surface area contributed by atoms with Crippen LogP contribution in [0.5, 0.6) is 0 Å². The van der Waals surface area contributed by atoms with Crippen molar-refractivity contribution in [3.8, 4) is 12.3 Å². The summed E-state index contributed by atoms with van der Waals surface area (Å²) in [5.74, 6) is 3.59. The van der Waals surface area contributed by atoms with Crippen LogP contribution in [0.4, 0.5) is 5.82 Å². The van der Waals surface area contributed by atoms with Gasteiger partial charge >= 0.3 is 0 Å². The summed E-state index contributed by atoms with van der Waals surface area (Å²) in [4.78, 5) is 7.89. The molecule has 1 aromatic rings. The van der Waals surface area contributed by atoms with Crippen LogP contribution in [0.15, 0.2) is 10.8 Å². The summed E-state index contributed by atoms with van der Waals surface area (Å²) in [6.07, 6.45) is 6.80. The fraction of sp³-hybridized carbons (Fsp3) is 0.400. The Balaban J connectivity index is 2.90. The first-order valence-electron chi connectivity index (χ1n) is 4.45. The third kappa shape index (κ3) is 3.08. The fourth-order valence-corrected chi connectivity index (χ4v) is 1.45. The summed E-state index contributed by atoms with van der Waals surface area (Å²) in [6, 6.07) is -0.0766. The van der Waals surface area contributed by atoms with Crippen molar-refractivity contribution in [3.63, 3.8) is 0 Å². The molecule has 1 rings (SSSR count). The largest absolute Gasteiger partial charge is 0.355 e. The van der Waals surface area contributed by atoms with Crippen LogP contribution in [0, 0.1) is 18.3 Å². The molecule has 1 atom stereocenters. The highest BCUT2D eigenvalue weighted by Gasteiger charge is 2.13. The lowest BCUT2D eigenvalue weighted by Gasteiger charge is -2.17. The SMILES string of the molecule is C#CC(Nc1ncnc(Cl)c1Br)C(C)C. The summed E-state index contributed by atoms with van der Waals surface area (Å²) in [6.45, 7) is 4.07. The van der Waals surface area contributed by atoms with Crippen molar-refractivity contribution in [1.29, 1.82) is 0 Å². The van der Waals surface area contributed by atoms with Gasteiger partial charge in [-0.2, -0.15) is 0 Å². The van der Waals surface area contributed by atoms with E-state index in [1.54, 1.807) is 0 Å². The third-order valence-corrected chi connectivity index (χ3v) is 3.15. The van der Waals surface area contributed by atoms with Gasteiger partial charge in [-0.1, -0.05) is 31.4 Å². The van der Waals surface area contributed by atoms with Crippen molar-refractivity contribution in [1.82, 2.24) is 9.97 Å². The monoisotopic (exact) mass is 287 g/mol. The minimum absolute atomic E-state index is 0.0766. The van der Waals surface area contributed by atoms with Crippen LogP contribution in [0.25, 0.3) is 0 Å². The van der Waals surface area contributed by atoms with Gasteiger partial charge < -0.3 is 5.32 Å². The topological polar surface area (TPSA) is 37.8 Å². The number of nitrogens with zero attached hydrogens (tertiary/aromatic N) is 2. The average Bonchev–Trinajstić information content (AvgIpc) is 2.19. The minimum Gasteiger partial charge on any atom is -0.355 e. The number of terminal acetylenes is 1. The molecule has 1 aromatic heterocycles. The lowest BCUT2D eigenvalue weighted by molar-refractivity contribution is 0.612. The van der Waals surface area contributed by atoms with Gasteiger partial charge in [-0.3, -0.25) is 0 Å². The van der Waals surface area contributed by atoms with Gasteiger partial charge in [0.05, 0.1) is 10.5 Å². The molecule has 1 heterocycles. The van der Waals surface area contributed by atoms with Crippen LogP contribution in [0.3, 0.4) is 0 Å². The predicted octanol–water partition coefficient (Wildman–Crippen LogP) is 2.96. The molecule has 0 bridgehead atoms. The Kier molecular flexibility index (Phi) is 4.37. The zero-order valence-corrected chi connectivity index (χ0v) is 10.8. The molecule has 0 aromatic carbocycles. The van der Waals surface area contributed by atoms with Crippen LogP contribution in [0.2, 0.25) is 5.15 Å². The second kappa shape index (κ2) is 5.34. The quantitative estimate of drug-likeness (QED) is 0.686. The molecule has 3 nitrogen and oxygen atoms in total. The molecule has 0 saturated carbocycles. The number of nitrogens with one attached hydrogen (secondary N) is 1. The molecule has 0 aliphatic carbocycles. The van der Waals surface area contributed by atoms with Crippen molar-refractivity contribution in [3.05, 3.63) is 16.0 Å². The normalized spacial score (nSPS) is 12.3. The van der Waals surface area contributed by atoms with E-state index in [-0.39, 0.29) is 6.04 Å². The Labute approximate surface area is 103 Å². The number of hydrogen-bond donors (Lipinski definition) is 1. The van der Waals surface area contributed by atoms with Gasteiger partial charge in [-0.05, 0) is 21.8 Å². The Morgan fingerprint density at radius 1 is 1.53 bits per heavy atom. The number of rotatable bonds is 3. The maximum atomic E-state index is 5.83. The smallest absolute Gasteiger partial charge is 0.148 e. The third-order valence-electron chi connectivity index (χ3n) is 1.89. The molecular formula is C10H11BrClN3. The highest BCUT2D eigenvalue weighted by Crippen LogP contribution is 2.27. The standard InChI is InChI=1S/C10H11BrClN3/c1-4-7(6(2)3)15-10-8(11)9(12)13-5-14-10/h1,5-7H,2-3H3,(H,13,14,15). The van der Waals surface area contributed by atoms with E-state index in [0.717, 1.165) is 0 Å². The van der Waals surface area contributed by atoms with E-state index in [0.29, 0.717) is 21.4 Å².